The topological polar surface area (TPSA) is 116 Å². The molecule has 0 atom stereocenters. The van der Waals surface area contributed by atoms with Gasteiger partial charge in [-0.2, -0.15) is 0 Å². The molecule has 0 aliphatic heterocycles. The van der Waals surface area contributed by atoms with Gasteiger partial charge in [-0.15, -0.1) is 23.1 Å². The summed E-state index contributed by atoms with van der Waals surface area (Å²) < 4.78 is 0. The number of H-pyrrole nitrogens is 1. The zero-order valence-corrected chi connectivity index (χ0v) is 26.4. The lowest BCUT2D eigenvalue weighted by Crippen LogP contribution is -2.30. The van der Waals surface area contributed by atoms with Crippen LogP contribution in [0.4, 0.5) is 10.8 Å². The van der Waals surface area contributed by atoms with Gasteiger partial charge in [-0.3, -0.25) is 14.4 Å². The van der Waals surface area contributed by atoms with Crippen LogP contribution in [0.15, 0.2) is 126 Å². The Kier molecular flexibility index (Phi) is 9.37. The molecular weight excluding hydrogens is 615 g/mol. The fourth-order valence-electron chi connectivity index (χ4n) is 4.79. The fraction of sp³-hybridized carbons (Fsp3) is 0.0556. The summed E-state index contributed by atoms with van der Waals surface area (Å²) in [6.45, 7) is 1.98. The summed E-state index contributed by atoms with van der Waals surface area (Å²) in [7, 11) is 0. The molecule has 3 amide bonds. The molecule has 0 radical (unpaired) electrons. The summed E-state index contributed by atoms with van der Waals surface area (Å²) in [6, 6.07) is 33.5. The molecule has 2 heterocycles. The Bertz CT molecular complexity index is 2050. The Morgan fingerprint density at radius 2 is 1.61 bits per heavy atom. The average Bonchev–Trinajstić information content (AvgIpc) is 3.66. The predicted octanol–water partition coefficient (Wildman–Crippen LogP) is 7.74. The van der Waals surface area contributed by atoms with E-state index in [2.05, 4.69) is 25.9 Å². The van der Waals surface area contributed by atoms with E-state index >= 15 is 0 Å². The van der Waals surface area contributed by atoms with Crippen LogP contribution in [0.25, 0.3) is 28.2 Å². The zero-order chi connectivity index (χ0) is 31.9. The maximum Gasteiger partial charge on any atom is 0.272 e. The molecule has 4 N–H and O–H groups in total. The van der Waals surface area contributed by atoms with Crippen LogP contribution in [0, 0.1) is 6.92 Å². The number of nitrogens with one attached hydrogen (secondary N) is 4. The van der Waals surface area contributed by atoms with Crippen LogP contribution in [0.5, 0.6) is 0 Å². The maximum absolute atomic E-state index is 13.6. The molecule has 0 unspecified atom stereocenters. The van der Waals surface area contributed by atoms with Crippen LogP contribution in [-0.2, 0) is 9.59 Å². The lowest BCUT2D eigenvalue weighted by molar-refractivity contribution is -0.114. The average molecular weight is 644 g/mol. The Balaban J connectivity index is 1.13. The van der Waals surface area contributed by atoms with E-state index in [1.165, 1.54) is 23.1 Å². The summed E-state index contributed by atoms with van der Waals surface area (Å²) in [6.07, 6.45) is 3.45. The molecule has 6 rings (SSSR count). The number of carbonyl (C=O) groups excluding carboxylic acids is 3. The van der Waals surface area contributed by atoms with Gasteiger partial charge in [0.2, 0.25) is 5.91 Å². The Morgan fingerprint density at radius 1 is 0.870 bits per heavy atom. The van der Waals surface area contributed by atoms with Crippen LogP contribution in [-0.4, -0.2) is 33.4 Å². The number of nitrogens with zero attached hydrogens (tertiary/aromatic N) is 1. The van der Waals surface area contributed by atoms with Crippen molar-refractivity contribution in [2.24, 2.45) is 0 Å². The first kappa shape index (κ1) is 30.6. The molecule has 10 heteroatoms. The molecule has 0 bridgehead atoms. The number of aryl methyl sites for hydroxylation is 1. The summed E-state index contributed by atoms with van der Waals surface area (Å²) in [5.74, 6) is -0.901. The van der Waals surface area contributed by atoms with Crippen molar-refractivity contribution in [3.05, 3.63) is 137 Å². The van der Waals surface area contributed by atoms with Gasteiger partial charge in [-0.05, 0) is 49.4 Å². The molecule has 0 spiro atoms. The number of hydrogen-bond donors (Lipinski definition) is 4. The van der Waals surface area contributed by atoms with Crippen molar-refractivity contribution in [3.63, 3.8) is 0 Å². The second-order valence-electron chi connectivity index (χ2n) is 10.3. The molecule has 6 aromatic rings. The molecule has 0 aliphatic rings. The van der Waals surface area contributed by atoms with Crippen LogP contribution < -0.4 is 16.0 Å². The number of thioether (sulfide) groups is 1. The number of rotatable bonds is 10. The molecule has 8 nitrogen and oxygen atoms in total. The van der Waals surface area contributed by atoms with Crippen LogP contribution in [0.2, 0.25) is 0 Å². The van der Waals surface area contributed by atoms with E-state index in [-0.39, 0.29) is 17.4 Å². The van der Waals surface area contributed by atoms with E-state index in [0.717, 1.165) is 37.5 Å². The third-order valence-electron chi connectivity index (χ3n) is 7.00. The third-order valence-corrected chi connectivity index (χ3v) is 8.88. The SMILES string of the molecule is Cc1sc(NC(=O)CSc2cccc(NC(=O)/C(=C/c3c[nH]c4ccccc34)NC(=O)c3ccccc3)c2)nc1-c1ccccc1. The minimum absolute atomic E-state index is 0.0876. The second-order valence-corrected chi connectivity index (χ2v) is 12.5. The van der Waals surface area contributed by atoms with Gasteiger partial charge in [0.25, 0.3) is 11.8 Å². The van der Waals surface area contributed by atoms with Gasteiger partial charge in [0.15, 0.2) is 5.13 Å². The molecule has 46 heavy (non-hydrogen) atoms. The van der Waals surface area contributed by atoms with Gasteiger partial charge in [0.1, 0.15) is 5.70 Å². The number of benzene rings is 4. The van der Waals surface area contributed by atoms with Crippen molar-refractivity contribution in [1.29, 1.82) is 0 Å². The van der Waals surface area contributed by atoms with E-state index in [1.54, 1.807) is 54.7 Å². The van der Waals surface area contributed by atoms with E-state index in [9.17, 15) is 14.4 Å². The van der Waals surface area contributed by atoms with Crippen molar-refractivity contribution in [2.45, 2.75) is 11.8 Å². The predicted molar refractivity (Wildman–Crippen MR) is 187 cm³/mol. The van der Waals surface area contributed by atoms with E-state index in [1.807, 2.05) is 73.7 Å². The minimum Gasteiger partial charge on any atom is -0.361 e. The summed E-state index contributed by atoms with van der Waals surface area (Å²) >= 11 is 2.78. The first-order valence-electron chi connectivity index (χ1n) is 14.4. The largest absolute Gasteiger partial charge is 0.361 e. The molecular formula is C36H29N5O3S2. The maximum atomic E-state index is 13.6. The number of anilines is 2. The lowest BCUT2D eigenvalue weighted by Gasteiger charge is -2.12. The Labute approximate surface area is 274 Å². The van der Waals surface area contributed by atoms with Gasteiger partial charge >= 0.3 is 0 Å². The van der Waals surface area contributed by atoms with Gasteiger partial charge in [-0.25, -0.2) is 4.98 Å². The van der Waals surface area contributed by atoms with E-state index in [0.29, 0.717) is 16.4 Å². The van der Waals surface area contributed by atoms with Crippen LogP contribution >= 0.6 is 23.1 Å². The van der Waals surface area contributed by atoms with Gasteiger partial charge < -0.3 is 20.9 Å². The van der Waals surface area contributed by atoms with Crippen molar-refractivity contribution in [3.8, 4) is 11.3 Å². The molecule has 2 aromatic heterocycles. The highest BCUT2D eigenvalue weighted by Crippen LogP contribution is 2.30. The van der Waals surface area contributed by atoms with Crippen LogP contribution in [0.1, 0.15) is 20.8 Å². The van der Waals surface area contributed by atoms with Crippen LogP contribution in [0.3, 0.4) is 0 Å². The quantitative estimate of drug-likeness (QED) is 0.0901. The molecule has 4 aromatic carbocycles. The molecule has 228 valence electrons. The van der Waals surface area contributed by atoms with E-state index < -0.39 is 11.8 Å². The molecule has 0 fully saturated rings. The number of carbonyl (C=O) groups is 3. The van der Waals surface area contributed by atoms with E-state index in [4.69, 9.17) is 0 Å². The third kappa shape index (κ3) is 7.43. The highest BCUT2D eigenvalue weighted by Gasteiger charge is 2.17. The Hall–Kier alpha value is -5.45. The molecule has 0 saturated heterocycles. The van der Waals surface area contributed by atoms with Crippen molar-refractivity contribution in [1.82, 2.24) is 15.3 Å². The summed E-state index contributed by atoms with van der Waals surface area (Å²) in [4.78, 5) is 49.0. The van der Waals surface area contributed by atoms with Crippen molar-refractivity contribution in [2.75, 3.05) is 16.4 Å². The number of thiazole rings is 1. The normalized spacial score (nSPS) is 11.3. The first-order valence-corrected chi connectivity index (χ1v) is 16.2. The molecule has 0 aliphatic carbocycles. The lowest BCUT2D eigenvalue weighted by atomic mass is 10.1. The Morgan fingerprint density at radius 3 is 2.41 bits per heavy atom. The standard InChI is InChI=1S/C36H29N5O3S2/c1-23-33(24-11-4-2-5-12-24)41-36(46-23)40-32(42)22-45-28-16-10-15-27(20-28)38-35(44)31(39-34(43)25-13-6-3-7-14-25)19-26-21-37-30-18-9-8-17-29(26)30/h2-21,37H,22H2,1H3,(H,38,44)(H,39,43)(H,40,41,42)/b31-19-. The summed E-state index contributed by atoms with van der Waals surface area (Å²) in [5.41, 5.74) is 4.58. The van der Waals surface area contributed by atoms with Crippen molar-refractivity contribution < 1.29 is 14.4 Å². The number of aromatic nitrogens is 2. The van der Waals surface area contributed by atoms with Gasteiger partial charge in [-0.1, -0.05) is 72.8 Å². The van der Waals surface area contributed by atoms with Gasteiger partial charge in [0, 0.05) is 49.3 Å². The smallest absolute Gasteiger partial charge is 0.272 e. The fourth-order valence-corrected chi connectivity index (χ4v) is 6.40. The number of fused-ring (bicyclic) bond motifs is 1. The number of para-hydroxylation sites is 1. The highest BCUT2D eigenvalue weighted by atomic mass is 32.2. The number of aromatic amines is 1. The molecule has 0 saturated carbocycles. The highest BCUT2D eigenvalue weighted by molar-refractivity contribution is 8.00. The second kappa shape index (κ2) is 14.1. The zero-order valence-electron chi connectivity index (χ0n) is 24.7. The number of amides is 3. The number of hydrogen-bond acceptors (Lipinski definition) is 6. The minimum atomic E-state index is -0.484. The van der Waals surface area contributed by atoms with Gasteiger partial charge in [0.05, 0.1) is 11.4 Å². The van der Waals surface area contributed by atoms with Crippen molar-refractivity contribution >= 4 is 68.6 Å². The summed E-state index contributed by atoms with van der Waals surface area (Å²) in [5, 5.41) is 10.0. The first-order chi connectivity index (χ1) is 22.4. The monoisotopic (exact) mass is 643 g/mol.